The van der Waals surface area contributed by atoms with Crippen molar-refractivity contribution in [3.63, 3.8) is 0 Å². The van der Waals surface area contributed by atoms with Crippen molar-refractivity contribution in [3.8, 4) is 0 Å². The third-order valence-electron chi connectivity index (χ3n) is 5.24. The van der Waals surface area contributed by atoms with Crippen LogP contribution in [0.3, 0.4) is 0 Å². The number of nitrogens with one attached hydrogen (secondary N) is 1. The molecule has 4 rings (SSSR count). The number of carbonyl (C=O) groups is 1. The van der Waals surface area contributed by atoms with Crippen LogP contribution < -0.4 is 5.32 Å². The Morgan fingerprint density at radius 2 is 1.70 bits per heavy atom. The maximum Gasteiger partial charge on any atom is 0.291 e. The maximum absolute atomic E-state index is 13.0. The van der Waals surface area contributed by atoms with Gasteiger partial charge in [-0.1, -0.05) is 42.5 Å². The van der Waals surface area contributed by atoms with Gasteiger partial charge in [-0.3, -0.25) is 4.79 Å². The van der Waals surface area contributed by atoms with Crippen LogP contribution in [0, 0.1) is 13.8 Å². The summed E-state index contributed by atoms with van der Waals surface area (Å²) in [5, 5.41) is 5.61. The molecule has 0 bridgehead atoms. The van der Waals surface area contributed by atoms with Crippen LogP contribution in [0.15, 0.2) is 63.9 Å². The lowest BCUT2D eigenvalue weighted by Gasteiger charge is -2.15. The van der Waals surface area contributed by atoms with Crippen LogP contribution >= 0.6 is 0 Å². The molecule has 6 nitrogen and oxygen atoms in total. The molecule has 30 heavy (non-hydrogen) atoms. The van der Waals surface area contributed by atoms with Crippen LogP contribution in [-0.4, -0.2) is 32.7 Å². The zero-order valence-electron chi connectivity index (χ0n) is 17.2. The third-order valence-corrected chi connectivity index (χ3v) is 7.20. The van der Waals surface area contributed by atoms with Gasteiger partial charge in [0.05, 0.1) is 4.90 Å². The summed E-state index contributed by atoms with van der Waals surface area (Å²) < 4.78 is 32.2. The van der Waals surface area contributed by atoms with Gasteiger partial charge in [-0.25, -0.2) is 12.7 Å². The van der Waals surface area contributed by atoms with Gasteiger partial charge in [-0.15, -0.1) is 0 Å². The molecule has 0 aliphatic rings. The number of benzene rings is 3. The Morgan fingerprint density at radius 3 is 2.43 bits per heavy atom. The Balaban J connectivity index is 1.74. The van der Waals surface area contributed by atoms with E-state index in [9.17, 15) is 13.2 Å². The summed E-state index contributed by atoms with van der Waals surface area (Å²) in [6.45, 7) is 3.56. The molecule has 0 aliphatic heterocycles. The molecular formula is C23H22N2O4S. The molecule has 1 N–H and O–H groups in total. The molecule has 0 fully saturated rings. The number of carbonyl (C=O) groups excluding carboxylic acids is 1. The van der Waals surface area contributed by atoms with E-state index in [0.717, 1.165) is 26.0 Å². The summed E-state index contributed by atoms with van der Waals surface area (Å²) in [6.07, 6.45) is 0. The number of hydrogen-bond acceptors (Lipinski definition) is 4. The van der Waals surface area contributed by atoms with Gasteiger partial charge in [-0.05, 0) is 36.9 Å². The number of amides is 1. The number of nitrogens with zero attached hydrogens (tertiary/aromatic N) is 1. The van der Waals surface area contributed by atoms with Crippen LogP contribution in [0.25, 0.3) is 21.7 Å². The standard InChI is InChI=1S/C23H22N2O4S/c1-14-9-11-17(13-20(14)30(27,28)25(3)4)24-23(26)21-15(2)18-12-10-16-7-5-6-8-19(16)22(18)29-21/h5-13H,1-4H3,(H,24,26). The van der Waals surface area contributed by atoms with E-state index in [0.29, 0.717) is 16.8 Å². The highest BCUT2D eigenvalue weighted by Gasteiger charge is 2.22. The molecular weight excluding hydrogens is 400 g/mol. The molecule has 1 heterocycles. The lowest BCUT2D eigenvalue weighted by atomic mass is 10.1. The van der Waals surface area contributed by atoms with E-state index in [1.165, 1.54) is 20.2 Å². The van der Waals surface area contributed by atoms with E-state index in [2.05, 4.69) is 5.32 Å². The van der Waals surface area contributed by atoms with Gasteiger partial charge in [0.1, 0.15) is 5.58 Å². The van der Waals surface area contributed by atoms with Gasteiger partial charge in [0, 0.05) is 36.1 Å². The average molecular weight is 423 g/mol. The van der Waals surface area contributed by atoms with Gasteiger partial charge >= 0.3 is 0 Å². The van der Waals surface area contributed by atoms with Gasteiger partial charge < -0.3 is 9.73 Å². The van der Waals surface area contributed by atoms with Crippen molar-refractivity contribution in [3.05, 3.63) is 71.5 Å². The van der Waals surface area contributed by atoms with Crippen LogP contribution in [0.1, 0.15) is 21.7 Å². The highest BCUT2D eigenvalue weighted by Crippen LogP contribution is 2.32. The quantitative estimate of drug-likeness (QED) is 0.517. The first-order chi connectivity index (χ1) is 14.2. The predicted molar refractivity (Wildman–Crippen MR) is 118 cm³/mol. The first-order valence-electron chi connectivity index (χ1n) is 9.45. The SMILES string of the molecule is Cc1ccc(NC(=O)c2oc3c(ccc4ccccc43)c2C)cc1S(=O)(=O)N(C)C. The molecule has 0 unspecified atom stereocenters. The second-order valence-corrected chi connectivity index (χ2v) is 9.56. The Morgan fingerprint density at radius 1 is 0.967 bits per heavy atom. The molecule has 0 aliphatic carbocycles. The fourth-order valence-corrected chi connectivity index (χ4v) is 4.65. The number of rotatable bonds is 4. The molecule has 7 heteroatoms. The largest absolute Gasteiger partial charge is 0.450 e. The summed E-state index contributed by atoms with van der Waals surface area (Å²) in [5.41, 5.74) is 2.39. The van der Waals surface area contributed by atoms with Crippen molar-refractivity contribution in [1.82, 2.24) is 4.31 Å². The fraction of sp³-hybridized carbons (Fsp3) is 0.174. The van der Waals surface area contributed by atoms with E-state index in [1.54, 1.807) is 19.1 Å². The first kappa shape index (κ1) is 20.1. The van der Waals surface area contributed by atoms with Crippen molar-refractivity contribution < 1.29 is 17.6 Å². The number of furan rings is 1. The number of fused-ring (bicyclic) bond motifs is 3. The van der Waals surface area contributed by atoms with Crippen molar-refractivity contribution in [2.45, 2.75) is 18.7 Å². The smallest absolute Gasteiger partial charge is 0.291 e. The summed E-state index contributed by atoms with van der Waals surface area (Å²) in [5.74, 6) is -0.219. The number of anilines is 1. The normalized spacial score (nSPS) is 12.0. The summed E-state index contributed by atoms with van der Waals surface area (Å²) in [6, 6.07) is 16.6. The van der Waals surface area contributed by atoms with E-state index in [4.69, 9.17) is 4.42 Å². The van der Waals surface area contributed by atoms with Gasteiger partial charge in [0.2, 0.25) is 10.0 Å². The summed E-state index contributed by atoms with van der Waals surface area (Å²) >= 11 is 0. The summed E-state index contributed by atoms with van der Waals surface area (Å²) in [4.78, 5) is 13.1. The van der Waals surface area contributed by atoms with Crippen molar-refractivity contribution in [1.29, 1.82) is 0 Å². The minimum Gasteiger partial charge on any atom is -0.450 e. The van der Waals surface area contributed by atoms with E-state index >= 15 is 0 Å². The van der Waals surface area contributed by atoms with Crippen molar-refractivity contribution in [2.75, 3.05) is 19.4 Å². The van der Waals surface area contributed by atoms with Crippen LogP contribution in [0.5, 0.6) is 0 Å². The zero-order chi connectivity index (χ0) is 21.6. The molecule has 3 aromatic carbocycles. The summed E-state index contributed by atoms with van der Waals surface area (Å²) in [7, 11) is -0.676. The highest BCUT2D eigenvalue weighted by molar-refractivity contribution is 7.89. The maximum atomic E-state index is 13.0. The molecule has 1 amide bonds. The monoisotopic (exact) mass is 422 g/mol. The Labute approximate surface area is 175 Å². The van der Waals surface area contributed by atoms with E-state index < -0.39 is 15.9 Å². The van der Waals surface area contributed by atoms with Crippen LogP contribution in [0.4, 0.5) is 5.69 Å². The van der Waals surface area contributed by atoms with E-state index in [-0.39, 0.29) is 10.7 Å². The minimum absolute atomic E-state index is 0.151. The van der Waals surface area contributed by atoms with E-state index in [1.807, 2.05) is 43.3 Å². The lowest BCUT2D eigenvalue weighted by Crippen LogP contribution is -2.23. The number of aryl methyl sites for hydroxylation is 2. The topological polar surface area (TPSA) is 79.6 Å². The van der Waals surface area contributed by atoms with Gasteiger partial charge in [0.25, 0.3) is 5.91 Å². The Kier molecular flexibility index (Phi) is 4.88. The molecule has 0 spiro atoms. The van der Waals surface area contributed by atoms with Crippen molar-refractivity contribution in [2.24, 2.45) is 0 Å². The second-order valence-electron chi connectivity index (χ2n) is 7.44. The molecule has 4 aromatic rings. The second kappa shape index (κ2) is 7.27. The third kappa shape index (κ3) is 3.26. The molecule has 0 radical (unpaired) electrons. The number of sulfonamides is 1. The van der Waals surface area contributed by atoms with Gasteiger partial charge in [0.15, 0.2) is 5.76 Å². The van der Waals surface area contributed by atoms with Gasteiger partial charge in [-0.2, -0.15) is 0 Å². The Bertz CT molecular complexity index is 1400. The molecule has 0 saturated heterocycles. The minimum atomic E-state index is -3.62. The molecule has 0 saturated carbocycles. The zero-order valence-corrected chi connectivity index (χ0v) is 18.0. The molecule has 0 atom stereocenters. The van der Waals surface area contributed by atoms with Crippen LogP contribution in [-0.2, 0) is 10.0 Å². The Hall–Kier alpha value is -3.16. The predicted octanol–water partition coefficient (Wildman–Crippen LogP) is 4.71. The average Bonchev–Trinajstić information content (AvgIpc) is 3.06. The molecule has 1 aromatic heterocycles. The fourth-order valence-electron chi connectivity index (χ4n) is 3.51. The number of hydrogen-bond donors (Lipinski definition) is 1. The lowest BCUT2D eigenvalue weighted by molar-refractivity contribution is 0.0998. The van der Waals surface area contributed by atoms with Crippen LogP contribution in [0.2, 0.25) is 0 Å². The highest BCUT2D eigenvalue weighted by atomic mass is 32.2. The first-order valence-corrected chi connectivity index (χ1v) is 10.9. The molecule has 154 valence electrons. The van der Waals surface area contributed by atoms with Crippen molar-refractivity contribution >= 4 is 43.4 Å².